The first-order chi connectivity index (χ1) is 14.4. The van der Waals surface area contributed by atoms with Crippen LogP contribution in [0.25, 0.3) is 0 Å². The van der Waals surface area contributed by atoms with Crippen LogP contribution in [-0.4, -0.2) is 42.5 Å². The molecule has 5 nitrogen and oxygen atoms in total. The fourth-order valence-corrected chi connectivity index (χ4v) is 3.61. The summed E-state index contributed by atoms with van der Waals surface area (Å²) in [4.78, 5) is 26.4. The van der Waals surface area contributed by atoms with Crippen molar-refractivity contribution >= 4 is 11.8 Å². The van der Waals surface area contributed by atoms with E-state index in [2.05, 4.69) is 5.32 Å². The van der Waals surface area contributed by atoms with E-state index < -0.39 is 0 Å². The van der Waals surface area contributed by atoms with Crippen LogP contribution in [0, 0.1) is 11.7 Å². The number of hydrogen-bond donors (Lipinski definition) is 1. The van der Waals surface area contributed by atoms with E-state index in [1.807, 2.05) is 18.7 Å². The topological polar surface area (TPSA) is 58.6 Å². The van der Waals surface area contributed by atoms with Crippen LogP contribution >= 0.6 is 0 Å². The number of nitrogens with zero attached hydrogens (tertiary/aromatic N) is 1. The van der Waals surface area contributed by atoms with Crippen LogP contribution in [0.3, 0.4) is 0 Å². The molecule has 1 unspecified atom stereocenters. The molecule has 1 atom stereocenters. The molecule has 3 rings (SSSR count). The van der Waals surface area contributed by atoms with Crippen molar-refractivity contribution in [3.8, 4) is 5.75 Å². The maximum absolute atomic E-state index is 13.8. The minimum absolute atomic E-state index is 0.0506. The number of carbonyl (C=O) groups is 2. The second-order valence-electron chi connectivity index (χ2n) is 8.08. The third-order valence-corrected chi connectivity index (χ3v) is 5.19. The molecule has 6 heteroatoms. The van der Waals surface area contributed by atoms with Gasteiger partial charge in [0.25, 0.3) is 5.91 Å². The van der Waals surface area contributed by atoms with Crippen LogP contribution in [0.1, 0.15) is 42.6 Å². The maximum Gasteiger partial charge on any atom is 0.251 e. The number of amides is 2. The SMILES string of the molecule is CC(C)NC(=O)c1ccc(OCC2CCCN(C(=O)Cc3ccccc3F)C2)cc1. The number of piperidine rings is 1. The molecule has 2 aromatic rings. The minimum Gasteiger partial charge on any atom is -0.493 e. The van der Waals surface area contributed by atoms with Crippen molar-refractivity contribution in [2.24, 2.45) is 5.92 Å². The molecule has 0 radical (unpaired) electrons. The van der Waals surface area contributed by atoms with Crippen LogP contribution in [0.2, 0.25) is 0 Å². The molecule has 2 aromatic carbocycles. The molecule has 30 heavy (non-hydrogen) atoms. The van der Waals surface area contributed by atoms with Crippen molar-refractivity contribution in [3.05, 3.63) is 65.5 Å². The van der Waals surface area contributed by atoms with Gasteiger partial charge in [-0.05, 0) is 62.6 Å². The highest BCUT2D eigenvalue weighted by atomic mass is 19.1. The van der Waals surface area contributed by atoms with Gasteiger partial charge in [-0.1, -0.05) is 18.2 Å². The smallest absolute Gasteiger partial charge is 0.251 e. The van der Waals surface area contributed by atoms with E-state index in [-0.39, 0.29) is 36.0 Å². The second-order valence-corrected chi connectivity index (χ2v) is 8.08. The first-order valence-electron chi connectivity index (χ1n) is 10.5. The lowest BCUT2D eigenvalue weighted by Crippen LogP contribution is -2.42. The molecule has 0 spiro atoms. The normalized spacial score (nSPS) is 16.4. The summed E-state index contributed by atoms with van der Waals surface area (Å²) in [5.74, 6) is 0.435. The number of likely N-dealkylation sites (tertiary alicyclic amines) is 1. The van der Waals surface area contributed by atoms with Crippen LogP contribution in [0.5, 0.6) is 5.75 Å². The van der Waals surface area contributed by atoms with E-state index in [1.165, 1.54) is 6.07 Å². The fourth-order valence-electron chi connectivity index (χ4n) is 3.61. The van der Waals surface area contributed by atoms with Crippen LogP contribution in [0.4, 0.5) is 4.39 Å². The summed E-state index contributed by atoms with van der Waals surface area (Å²) in [5.41, 5.74) is 1.03. The number of hydrogen-bond acceptors (Lipinski definition) is 3. The Balaban J connectivity index is 1.49. The number of ether oxygens (including phenoxy) is 1. The zero-order valence-corrected chi connectivity index (χ0v) is 17.6. The van der Waals surface area contributed by atoms with Crippen molar-refractivity contribution in [3.63, 3.8) is 0 Å². The largest absolute Gasteiger partial charge is 0.493 e. The third-order valence-electron chi connectivity index (χ3n) is 5.19. The van der Waals surface area contributed by atoms with E-state index >= 15 is 0 Å². The zero-order chi connectivity index (χ0) is 21.5. The molecule has 1 fully saturated rings. The van der Waals surface area contributed by atoms with Crippen LogP contribution < -0.4 is 10.1 Å². The molecule has 1 aliphatic rings. The standard InChI is InChI=1S/C24H29FN2O3/c1-17(2)26-24(29)19-9-11-21(12-10-19)30-16-18-6-5-13-27(15-18)23(28)14-20-7-3-4-8-22(20)25/h3-4,7-12,17-18H,5-6,13-16H2,1-2H3,(H,26,29). The molecular formula is C24H29FN2O3. The molecule has 160 valence electrons. The van der Waals surface area contributed by atoms with Crippen LogP contribution in [0.15, 0.2) is 48.5 Å². The molecule has 1 N–H and O–H groups in total. The molecule has 0 bridgehead atoms. The lowest BCUT2D eigenvalue weighted by molar-refractivity contribution is -0.132. The predicted molar refractivity (Wildman–Crippen MR) is 114 cm³/mol. The van der Waals surface area contributed by atoms with E-state index in [4.69, 9.17) is 4.74 Å². The molecule has 1 heterocycles. The Morgan fingerprint density at radius 1 is 1.17 bits per heavy atom. The first kappa shape index (κ1) is 21.8. The van der Waals surface area contributed by atoms with Crippen molar-refractivity contribution in [2.45, 2.75) is 39.2 Å². The molecule has 2 amide bonds. The summed E-state index contributed by atoms with van der Waals surface area (Å²) < 4.78 is 19.7. The zero-order valence-electron chi connectivity index (χ0n) is 17.6. The van der Waals surface area contributed by atoms with Crippen molar-refractivity contribution in [1.82, 2.24) is 10.2 Å². The van der Waals surface area contributed by atoms with Gasteiger partial charge in [0.15, 0.2) is 0 Å². The Morgan fingerprint density at radius 2 is 1.90 bits per heavy atom. The van der Waals surface area contributed by atoms with E-state index in [9.17, 15) is 14.0 Å². The van der Waals surface area contributed by atoms with Gasteiger partial charge < -0.3 is 15.0 Å². The summed E-state index contributed by atoms with van der Waals surface area (Å²) in [5, 5.41) is 2.86. The van der Waals surface area contributed by atoms with E-state index in [0.717, 1.165) is 12.8 Å². The molecular weight excluding hydrogens is 383 g/mol. The Labute approximate surface area is 177 Å². The van der Waals surface area contributed by atoms with Gasteiger partial charge in [-0.3, -0.25) is 9.59 Å². The minimum atomic E-state index is -0.340. The third kappa shape index (κ3) is 6.05. The van der Waals surface area contributed by atoms with Gasteiger partial charge >= 0.3 is 0 Å². The highest BCUT2D eigenvalue weighted by molar-refractivity contribution is 5.94. The van der Waals surface area contributed by atoms with E-state index in [1.54, 1.807) is 42.5 Å². The number of carbonyl (C=O) groups excluding carboxylic acids is 2. The van der Waals surface area contributed by atoms with Gasteiger partial charge in [-0.15, -0.1) is 0 Å². The molecule has 0 aromatic heterocycles. The lowest BCUT2D eigenvalue weighted by Gasteiger charge is -2.32. The summed E-state index contributed by atoms with van der Waals surface area (Å²) in [7, 11) is 0. The first-order valence-corrected chi connectivity index (χ1v) is 10.5. The average Bonchev–Trinajstić information content (AvgIpc) is 2.74. The molecule has 1 aliphatic heterocycles. The second kappa shape index (κ2) is 10.2. The quantitative estimate of drug-likeness (QED) is 0.752. The monoisotopic (exact) mass is 412 g/mol. The predicted octanol–water partition coefficient (Wildman–Crippen LogP) is 3.82. The Hall–Kier alpha value is -2.89. The van der Waals surface area contributed by atoms with Gasteiger partial charge in [-0.2, -0.15) is 0 Å². The Kier molecular flexibility index (Phi) is 7.44. The maximum atomic E-state index is 13.8. The fraction of sp³-hybridized carbons (Fsp3) is 0.417. The highest BCUT2D eigenvalue weighted by Gasteiger charge is 2.24. The summed E-state index contributed by atoms with van der Waals surface area (Å²) in [6.07, 6.45) is 1.98. The van der Waals surface area contributed by atoms with Gasteiger partial charge in [0.1, 0.15) is 11.6 Å². The molecule has 1 saturated heterocycles. The highest BCUT2D eigenvalue weighted by Crippen LogP contribution is 2.20. The number of halogens is 1. The number of nitrogens with one attached hydrogen (secondary N) is 1. The van der Waals surface area contributed by atoms with Crippen molar-refractivity contribution in [2.75, 3.05) is 19.7 Å². The Bertz CT molecular complexity index is 867. The lowest BCUT2D eigenvalue weighted by atomic mass is 9.98. The summed E-state index contributed by atoms with van der Waals surface area (Å²) >= 11 is 0. The van der Waals surface area contributed by atoms with Gasteiger partial charge in [0.05, 0.1) is 13.0 Å². The number of rotatable bonds is 7. The van der Waals surface area contributed by atoms with Gasteiger partial charge in [0.2, 0.25) is 5.91 Å². The van der Waals surface area contributed by atoms with Gasteiger partial charge in [0, 0.05) is 30.6 Å². The van der Waals surface area contributed by atoms with Crippen molar-refractivity contribution in [1.29, 1.82) is 0 Å². The average molecular weight is 413 g/mol. The molecule has 0 saturated carbocycles. The van der Waals surface area contributed by atoms with Crippen molar-refractivity contribution < 1.29 is 18.7 Å². The number of benzene rings is 2. The summed E-state index contributed by atoms with van der Waals surface area (Å²) in [6, 6.07) is 13.6. The summed E-state index contributed by atoms with van der Waals surface area (Å²) in [6.45, 7) is 5.65. The van der Waals surface area contributed by atoms with Gasteiger partial charge in [-0.25, -0.2) is 4.39 Å². The van der Waals surface area contributed by atoms with E-state index in [0.29, 0.717) is 36.6 Å². The van der Waals surface area contributed by atoms with Crippen LogP contribution in [-0.2, 0) is 11.2 Å². The Morgan fingerprint density at radius 3 is 2.60 bits per heavy atom. The molecule has 0 aliphatic carbocycles.